The lowest BCUT2D eigenvalue weighted by molar-refractivity contribution is -0.427. The first-order valence-electron chi connectivity index (χ1n) is 3.59. The fourth-order valence-corrected chi connectivity index (χ4v) is 0.630. The molecule has 0 N–H and O–H groups in total. The molecule has 0 aliphatic rings. The molecule has 0 spiro atoms. The molecule has 0 bridgehead atoms. The van der Waals surface area contributed by atoms with Crippen molar-refractivity contribution in [2.45, 2.75) is 27.2 Å². The summed E-state index contributed by atoms with van der Waals surface area (Å²) in [6.07, 6.45) is 3.91. The summed E-state index contributed by atoms with van der Waals surface area (Å²) in [6, 6.07) is 0. The third-order valence-electron chi connectivity index (χ3n) is 1.45. The maximum atomic E-state index is 10.3. The molecule has 0 atom stereocenters. The van der Waals surface area contributed by atoms with Crippen molar-refractivity contribution in [2.24, 2.45) is 0 Å². The largest absolute Gasteiger partial charge is 0.259 e. The van der Waals surface area contributed by atoms with Crippen LogP contribution < -0.4 is 0 Å². The van der Waals surface area contributed by atoms with Gasteiger partial charge in [-0.25, -0.2) is 0 Å². The average Bonchev–Trinajstić information content (AvgIpc) is 1.99. The Morgan fingerprint density at radius 1 is 1.64 bits per heavy atom. The molecule has 0 saturated carbocycles. The third kappa shape index (κ3) is 3.55. The quantitative estimate of drug-likeness (QED) is 0.357. The first-order chi connectivity index (χ1) is 5.11. The van der Waals surface area contributed by atoms with Gasteiger partial charge in [-0.1, -0.05) is 13.0 Å². The Kier molecular flexibility index (Phi) is 4.18. The van der Waals surface area contributed by atoms with Gasteiger partial charge in [-0.2, -0.15) is 0 Å². The topological polar surface area (TPSA) is 43.1 Å². The standard InChI is InChI=1S/C8H13NO2/c1-4-7(3)6-8(5-2)9(10)11/h4,6H,5H2,1-3H3/b7-4-,8-6+. The second-order valence-corrected chi connectivity index (χ2v) is 2.28. The Morgan fingerprint density at radius 2 is 2.18 bits per heavy atom. The van der Waals surface area contributed by atoms with E-state index < -0.39 is 0 Å². The SMILES string of the molecule is C/C=C(C)\C=C(/CC)[N+](=O)[O-]. The summed E-state index contributed by atoms with van der Waals surface area (Å²) in [5, 5.41) is 10.3. The number of rotatable bonds is 3. The van der Waals surface area contributed by atoms with E-state index in [0.717, 1.165) is 5.57 Å². The van der Waals surface area contributed by atoms with Crippen LogP contribution >= 0.6 is 0 Å². The van der Waals surface area contributed by atoms with Crippen LogP contribution in [0.25, 0.3) is 0 Å². The number of nitrogens with zero attached hydrogens (tertiary/aromatic N) is 1. The summed E-state index contributed by atoms with van der Waals surface area (Å²) < 4.78 is 0. The molecule has 0 heterocycles. The van der Waals surface area contributed by atoms with E-state index in [4.69, 9.17) is 0 Å². The highest BCUT2D eigenvalue weighted by Crippen LogP contribution is 2.05. The molecule has 0 aliphatic carbocycles. The smallest absolute Gasteiger partial charge is 0.246 e. The number of allylic oxidation sites excluding steroid dienone is 4. The van der Waals surface area contributed by atoms with E-state index in [9.17, 15) is 10.1 Å². The second kappa shape index (κ2) is 4.66. The fourth-order valence-electron chi connectivity index (χ4n) is 0.630. The van der Waals surface area contributed by atoms with Crippen molar-refractivity contribution in [1.82, 2.24) is 0 Å². The maximum Gasteiger partial charge on any atom is 0.246 e. The Morgan fingerprint density at radius 3 is 2.45 bits per heavy atom. The summed E-state index contributed by atoms with van der Waals surface area (Å²) in [6.45, 7) is 5.48. The Balaban J connectivity index is 4.49. The lowest BCUT2D eigenvalue weighted by Gasteiger charge is -1.93. The zero-order valence-electron chi connectivity index (χ0n) is 7.13. The highest BCUT2D eigenvalue weighted by molar-refractivity contribution is 5.17. The molecule has 0 fully saturated rings. The van der Waals surface area contributed by atoms with E-state index in [2.05, 4.69) is 0 Å². The molecule has 0 aliphatic heterocycles. The predicted octanol–water partition coefficient (Wildman–Crippen LogP) is 2.52. The highest BCUT2D eigenvalue weighted by Gasteiger charge is 2.05. The van der Waals surface area contributed by atoms with Crippen molar-refractivity contribution < 1.29 is 4.92 Å². The van der Waals surface area contributed by atoms with Crippen molar-refractivity contribution in [3.63, 3.8) is 0 Å². The molecular formula is C8H13NO2. The normalized spacial score (nSPS) is 13.4. The Hall–Kier alpha value is -1.12. The molecule has 0 aromatic carbocycles. The molecular weight excluding hydrogens is 142 g/mol. The summed E-state index contributed by atoms with van der Waals surface area (Å²) in [7, 11) is 0. The first-order valence-corrected chi connectivity index (χ1v) is 3.59. The highest BCUT2D eigenvalue weighted by atomic mass is 16.6. The van der Waals surface area contributed by atoms with Gasteiger partial charge in [0.05, 0.1) is 4.92 Å². The molecule has 11 heavy (non-hydrogen) atoms. The van der Waals surface area contributed by atoms with Crippen molar-refractivity contribution in [3.8, 4) is 0 Å². The van der Waals surface area contributed by atoms with Gasteiger partial charge in [-0.15, -0.1) is 0 Å². The van der Waals surface area contributed by atoms with Crippen LogP contribution in [0.4, 0.5) is 0 Å². The monoisotopic (exact) mass is 155 g/mol. The van der Waals surface area contributed by atoms with E-state index in [1.54, 1.807) is 13.0 Å². The van der Waals surface area contributed by atoms with Crippen LogP contribution in [-0.2, 0) is 0 Å². The lowest BCUT2D eigenvalue weighted by Crippen LogP contribution is -1.96. The lowest BCUT2D eigenvalue weighted by atomic mass is 10.2. The van der Waals surface area contributed by atoms with Crippen LogP contribution in [0.15, 0.2) is 23.4 Å². The van der Waals surface area contributed by atoms with Crippen molar-refractivity contribution in [1.29, 1.82) is 0 Å². The molecule has 0 unspecified atom stereocenters. The average molecular weight is 155 g/mol. The summed E-state index contributed by atoms with van der Waals surface area (Å²) in [5.41, 5.74) is 1.19. The predicted molar refractivity (Wildman–Crippen MR) is 44.8 cm³/mol. The molecule has 3 heteroatoms. The summed E-state index contributed by atoms with van der Waals surface area (Å²) in [5.74, 6) is 0. The minimum atomic E-state index is -0.340. The van der Waals surface area contributed by atoms with Gasteiger partial charge >= 0.3 is 0 Å². The molecule has 62 valence electrons. The van der Waals surface area contributed by atoms with Crippen molar-refractivity contribution >= 4 is 0 Å². The number of hydrogen-bond donors (Lipinski definition) is 0. The van der Waals surface area contributed by atoms with Gasteiger partial charge < -0.3 is 0 Å². The Labute approximate surface area is 66.6 Å². The second-order valence-electron chi connectivity index (χ2n) is 2.28. The van der Waals surface area contributed by atoms with Crippen molar-refractivity contribution in [3.05, 3.63) is 33.5 Å². The number of hydrogen-bond acceptors (Lipinski definition) is 2. The summed E-state index contributed by atoms with van der Waals surface area (Å²) >= 11 is 0. The fraction of sp³-hybridized carbons (Fsp3) is 0.500. The molecule has 0 rings (SSSR count). The molecule has 3 nitrogen and oxygen atoms in total. The summed E-state index contributed by atoms with van der Waals surface area (Å²) in [4.78, 5) is 9.95. The maximum absolute atomic E-state index is 10.3. The molecule has 0 radical (unpaired) electrons. The first kappa shape index (κ1) is 9.88. The third-order valence-corrected chi connectivity index (χ3v) is 1.45. The molecule has 0 aromatic rings. The molecule has 0 aromatic heterocycles. The van der Waals surface area contributed by atoms with E-state index in [-0.39, 0.29) is 10.6 Å². The van der Waals surface area contributed by atoms with Gasteiger partial charge in [0.15, 0.2) is 0 Å². The van der Waals surface area contributed by atoms with Crippen LogP contribution in [0.5, 0.6) is 0 Å². The minimum Gasteiger partial charge on any atom is -0.259 e. The van der Waals surface area contributed by atoms with E-state index in [0.29, 0.717) is 6.42 Å². The van der Waals surface area contributed by atoms with Crippen LogP contribution in [0, 0.1) is 10.1 Å². The van der Waals surface area contributed by atoms with Crippen LogP contribution in [0.3, 0.4) is 0 Å². The van der Waals surface area contributed by atoms with E-state index in [1.807, 2.05) is 19.9 Å². The van der Waals surface area contributed by atoms with Gasteiger partial charge in [-0.3, -0.25) is 10.1 Å². The van der Waals surface area contributed by atoms with E-state index >= 15 is 0 Å². The van der Waals surface area contributed by atoms with E-state index in [1.165, 1.54) is 0 Å². The minimum absolute atomic E-state index is 0.264. The van der Waals surface area contributed by atoms with Crippen LogP contribution in [0.1, 0.15) is 27.2 Å². The number of nitro groups is 1. The molecule has 0 amide bonds. The van der Waals surface area contributed by atoms with Gasteiger partial charge in [0.25, 0.3) is 0 Å². The van der Waals surface area contributed by atoms with Gasteiger partial charge in [0.1, 0.15) is 0 Å². The Bertz CT molecular complexity index is 204. The van der Waals surface area contributed by atoms with Gasteiger partial charge in [-0.05, 0) is 19.4 Å². The zero-order valence-corrected chi connectivity index (χ0v) is 7.13. The zero-order chi connectivity index (χ0) is 8.85. The molecule has 0 saturated heterocycles. The van der Waals surface area contributed by atoms with Gasteiger partial charge in [0.2, 0.25) is 5.70 Å². The van der Waals surface area contributed by atoms with Crippen molar-refractivity contribution in [2.75, 3.05) is 0 Å². The van der Waals surface area contributed by atoms with Crippen LogP contribution in [0.2, 0.25) is 0 Å². The van der Waals surface area contributed by atoms with Gasteiger partial charge in [0, 0.05) is 12.5 Å². The van der Waals surface area contributed by atoms with Crippen LogP contribution in [-0.4, -0.2) is 4.92 Å².